The Balaban J connectivity index is 2.72. The van der Waals surface area contributed by atoms with Crippen LogP contribution in [-0.4, -0.2) is 45.7 Å². The number of carbonyl (C=O) groups excluding carboxylic acids is 2. The van der Waals surface area contributed by atoms with E-state index in [1.807, 2.05) is 13.8 Å². The molecule has 0 aliphatic rings. The molecule has 0 saturated carbocycles. The molecule has 25 heavy (non-hydrogen) atoms. The Morgan fingerprint density at radius 2 is 1.80 bits per heavy atom. The molecule has 1 amide bonds. The molecule has 0 fully saturated rings. The zero-order chi connectivity index (χ0) is 19.0. The summed E-state index contributed by atoms with van der Waals surface area (Å²) in [6.07, 6.45) is 2.59. The largest absolute Gasteiger partial charge is 0.454 e. The van der Waals surface area contributed by atoms with E-state index in [4.69, 9.17) is 4.74 Å². The van der Waals surface area contributed by atoms with Gasteiger partial charge in [-0.05, 0) is 31.4 Å². The van der Waals surface area contributed by atoms with E-state index < -0.39 is 35.1 Å². The zero-order valence-electron chi connectivity index (χ0n) is 15.1. The minimum atomic E-state index is -3.67. The van der Waals surface area contributed by atoms with Crippen LogP contribution in [0.5, 0.6) is 0 Å². The normalized spacial score (nSPS) is 11.2. The number of aryl methyl sites for hydroxylation is 1. The van der Waals surface area contributed by atoms with Crippen molar-refractivity contribution >= 4 is 27.6 Å². The van der Waals surface area contributed by atoms with E-state index in [1.165, 1.54) is 0 Å². The first-order valence-corrected chi connectivity index (χ1v) is 10.0. The summed E-state index contributed by atoms with van der Waals surface area (Å²) in [5.41, 5.74) is 1.12. The third kappa shape index (κ3) is 6.74. The number of amides is 1. The summed E-state index contributed by atoms with van der Waals surface area (Å²) in [6, 6.07) is 6.87. The summed E-state index contributed by atoms with van der Waals surface area (Å²) >= 11 is 0. The summed E-state index contributed by atoms with van der Waals surface area (Å²) in [5, 5.41) is 2.75. The number of nitrogens with one attached hydrogen (secondary N) is 1. The topological polar surface area (TPSA) is 92.8 Å². The number of ether oxygens (including phenoxy) is 1. The van der Waals surface area contributed by atoms with Crippen LogP contribution >= 0.6 is 0 Å². The molecule has 140 valence electrons. The van der Waals surface area contributed by atoms with E-state index in [0.717, 1.165) is 23.4 Å². The molecule has 0 atom stereocenters. The van der Waals surface area contributed by atoms with Crippen LogP contribution in [0.15, 0.2) is 24.3 Å². The van der Waals surface area contributed by atoms with Crippen molar-refractivity contribution in [3.8, 4) is 0 Å². The highest BCUT2D eigenvalue weighted by Gasteiger charge is 2.23. The minimum Gasteiger partial charge on any atom is -0.454 e. The van der Waals surface area contributed by atoms with Gasteiger partial charge < -0.3 is 10.1 Å². The molecule has 7 nitrogen and oxygen atoms in total. The van der Waals surface area contributed by atoms with Gasteiger partial charge in [-0.25, -0.2) is 8.42 Å². The molecule has 0 aliphatic carbocycles. The first kappa shape index (κ1) is 21.0. The first-order chi connectivity index (χ1) is 11.7. The third-order valence-corrected chi connectivity index (χ3v) is 4.90. The fourth-order valence-corrected chi connectivity index (χ4v) is 3.20. The number of para-hydroxylation sites is 1. The van der Waals surface area contributed by atoms with Crippen molar-refractivity contribution < 1.29 is 22.7 Å². The smallest absolute Gasteiger partial charge is 0.327 e. The Bertz CT molecular complexity index is 699. The van der Waals surface area contributed by atoms with Crippen molar-refractivity contribution in [2.24, 2.45) is 0 Å². The lowest BCUT2D eigenvalue weighted by Gasteiger charge is -2.23. The number of rotatable bonds is 9. The van der Waals surface area contributed by atoms with Crippen LogP contribution in [0.25, 0.3) is 0 Å². The number of hydrogen-bond donors (Lipinski definition) is 1. The Morgan fingerprint density at radius 1 is 1.20 bits per heavy atom. The lowest BCUT2D eigenvalue weighted by Crippen LogP contribution is -2.39. The van der Waals surface area contributed by atoms with Crippen molar-refractivity contribution in [3.63, 3.8) is 0 Å². The molecule has 1 N–H and O–H groups in total. The number of carbonyl (C=O) groups is 2. The number of esters is 1. The second kappa shape index (κ2) is 9.41. The second-order valence-corrected chi connectivity index (χ2v) is 7.70. The number of sulfonamides is 1. The van der Waals surface area contributed by atoms with Gasteiger partial charge in [0, 0.05) is 6.04 Å². The molecule has 0 spiro atoms. The number of anilines is 1. The standard InChI is InChI=1S/C17H26N2O5S/c1-5-14(6-2)18-16(20)12-24-17(21)11-19(25(4,22)23)15-10-8-7-9-13(15)3/h7-10,14H,5-6,11-12H2,1-4H3,(H,18,20). The summed E-state index contributed by atoms with van der Waals surface area (Å²) in [7, 11) is -3.67. The highest BCUT2D eigenvalue weighted by Crippen LogP contribution is 2.21. The Hall–Kier alpha value is -2.09. The monoisotopic (exact) mass is 370 g/mol. The Morgan fingerprint density at radius 3 is 2.32 bits per heavy atom. The van der Waals surface area contributed by atoms with E-state index in [-0.39, 0.29) is 6.04 Å². The molecular weight excluding hydrogens is 344 g/mol. The molecule has 0 saturated heterocycles. The summed E-state index contributed by atoms with van der Waals surface area (Å²) in [4.78, 5) is 23.8. The number of hydrogen-bond acceptors (Lipinski definition) is 5. The quantitative estimate of drug-likeness (QED) is 0.667. The van der Waals surface area contributed by atoms with Crippen LogP contribution in [0.1, 0.15) is 32.3 Å². The zero-order valence-corrected chi connectivity index (χ0v) is 15.9. The maximum Gasteiger partial charge on any atom is 0.327 e. The van der Waals surface area contributed by atoms with Gasteiger partial charge in [-0.3, -0.25) is 13.9 Å². The van der Waals surface area contributed by atoms with Crippen molar-refractivity contribution in [2.45, 2.75) is 39.7 Å². The van der Waals surface area contributed by atoms with Crippen LogP contribution in [0.2, 0.25) is 0 Å². The minimum absolute atomic E-state index is 0.0330. The van der Waals surface area contributed by atoms with Crippen LogP contribution in [0.4, 0.5) is 5.69 Å². The van der Waals surface area contributed by atoms with Gasteiger partial charge in [-0.1, -0.05) is 32.0 Å². The fourth-order valence-electron chi connectivity index (χ4n) is 2.30. The van der Waals surface area contributed by atoms with Crippen LogP contribution < -0.4 is 9.62 Å². The second-order valence-electron chi connectivity index (χ2n) is 5.80. The summed E-state index contributed by atoms with van der Waals surface area (Å²) in [5.74, 6) is -1.18. The molecule has 1 aromatic rings. The summed E-state index contributed by atoms with van der Waals surface area (Å²) in [6.45, 7) is 4.74. The van der Waals surface area contributed by atoms with Gasteiger partial charge in [0.15, 0.2) is 6.61 Å². The molecule has 0 heterocycles. The predicted octanol–water partition coefficient (Wildman–Crippen LogP) is 1.61. The Labute approximate surface area is 149 Å². The van der Waals surface area contributed by atoms with Crippen molar-refractivity contribution in [3.05, 3.63) is 29.8 Å². The third-order valence-electron chi connectivity index (χ3n) is 3.77. The molecule has 0 unspecified atom stereocenters. The molecular formula is C17H26N2O5S. The lowest BCUT2D eigenvalue weighted by atomic mass is 10.2. The Kier molecular flexibility index (Phi) is 7.89. The van der Waals surface area contributed by atoms with E-state index in [1.54, 1.807) is 31.2 Å². The van der Waals surface area contributed by atoms with Crippen LogP contribution in [0.3, 0.4) is 0 Å². The maximum absolute atomic E-state index is 12.0. The predicted molar refractivity (Wildman–Crippen MR) is 96.8 cm³/mol. The van der Waals surface area contributed by atoms with Gasteiger partial charge in [-0.15, -0.1) is 0 Å². The fraction of sp³-hybridized carbons (Fsp3) is 0.529. The van der Waals surface area contributed by atoms with Gasteiger partial charge in [0.2, 0.25) is 10.0 Å². The van der Waals surface area contributed by atoms with Crippen molar-refractivity contribution in [1.82, 2.24) is 5.32 Å². The number of benzene rings is 1. The van der Waals surface area contributed by atoms with Crippen LogP contribution in [-0.2, 0) is 24.3 Å². The SMILES string of the molecule is CCC(CC)NC(=O)COC(=O)CN(c1ccccc1C)S(C)(=O)=O. The van der Waals surface area contributed by atoms with Gasteiger partial charge in [-0.2, -0.15) is 0 Å². The highest BCUT2D eigenvalue weighted by molar-refractivity contribution is 7.92. The first-order valence-electron chi connectivity index (χ1n) is 8.17. The molecule has 8 heteroatoms. The van der Waals surface area contributed by atoms with Gasteiger partial charge in [0.05, 0.1) is 11.9 Å². The van der Waals surface area contributed by atoms with E-state index in [9.17, 15) is 18.0 Å². The molecule has 0 radical (unpaired) electrons. The summed E-state index contributed by atoms with van der Waals surface area (Å²) < 4.78 is 29.9. The van der Waals surface area contributed by atoms with Crippen LogP contribution in [0, 0.1) is 6.92 Å². The average Bonchev–Trinajstić information content (AvgIpc) is 2.55. The number of nitrogens with zero attached hydrogens (tertiary/aromatic N) is 1. The van der Waals surface area contributed by atoms with Gasteiger partial charge in [0.25, 0.3) is 5.91 Å². The highest BCUT2D eigenvalue weighted by atomic mass is 32.2. The van der Waals surface area contributed by atoms with E-state index in [0.29, 0.717) is 11.3 Å². The molecule has 1 rings (SSSR count). The van der Waals surface area contributed by atoms with Gasteiger partial charge >= 0.3 is 5.97 Å². The molecule has 0 aliphatic heterocycles. The molecule has 1 aromatic carbocycles. The lowest BCUT2D eigenvalue weighted by molar-refractivity contribution is -0.147. The maximum atomic E-state index is 12.0. The van der Waals surface area contributed by atoms with E-state index >= 15 is 0 Å². The molecule has 0 aromatic heterocycles. The van der Waals surface area contributed by atoms with Crippen molar-refractivity contribution in [1.29, 1.82) is 0 Å². The molecule has 0 bridgehead atoms. The average molecular weight is 370 g/mol. The van der Waals surface area contributed by atoms with Crippen molar-refractivity contribution in [2.75, 3.05) is 23.7 Å². The van der Waals surface area contributed by atoms with E-state index in [2.05, 4.69) is 5.32 Å². The van der Waals surface area contributed by atoms with Gasteiger partial charge in [0.1, 0.15) is 6.54 Å².